The zero-order valence-electron chi connectivity index (χ0n) is 8.81. The average Bonchev–Trinajstić information content (AvgIpc) is 2.24. The fraction of sp³-hybridized carbons (Fsp3) is 0.300. The van der Waals surface area contributed by atoms with Crippen molar-refractivity contribution >= 4 is 23.1 Å². The lowest BCUT2D eigenvalue weighted by Gasteiger charge is -2.16. The summed E-state index contributed by atoms with van der Waals surface area (Å²) in [5.74, 6) is -0.836. The van der Waals surface area contributed by atoms with E-state index in [0.717, 1.165) is 12.3 Å². The topological polar surface area (TPSA) is 59.2 Å². The normalized spacial score (nSPS) is 9.88. The Bertz CT molecular complexity index is 411. The third kappa shape index (κ3) is 3.54. The average molecular weight is 241 g/mol. The molecular weight excluding hydrogens is 229 g/mol. The van der Waals surface area contributed by atoms with Crippen molar-refractivity contribution in [2.45, 2.75) is 6.42 Å². The lowest BCUT2D eigenvalue weighted by atomic mass is 10.2. The van der Waals surface area contributed by atoms with Crippen molar-refractivity contribution < 1.29 is 9.18 Å². The van der Waals surface area contributed by atoms with Crippen LogP contribution in [0.2, 0.25) is 0 Å². The van der Waals surface area contributed by atoms with Gasteiger partial charge in [0.2, 0.25) is 0 Å². The minimum Gasteiger partial charge on any atom is -0.393 e. The standard InChI is InChI=1S/C10H12FN3OS/c1-14(3-2-9(12)16)10(15)7-4-8(11)6-13-5-7/h4-6H,2-3H2,1H3,(H2,12,16). The van der Waals surface area contributed by atoms with Crippen LogP contribution in [0, 0.1) is 5.82 Å². The zero-order chi connectivity index (χ0) is 12.1. The Hall–Kier alpha value is -1.56. The molecule has 0 unspecified atom stereocenters. The van der Waals surface area contributed by atoms with Crippen molar-refractivity contribution in [3.8, 4) is 0 Å². The van der Waals surface area contributed by atoms with E-state index in [0.29, 0.717) is 18.0 Å². The van der Waals surface area contributed by atoms with Gasteiger partial charge in [-0.3, -0.25) is 9.78 Å². The van der Waals surface area contributed by atoms with Crippen LogP contribution in [0.5, 0.6) is 0 Å². The van der Waals surface area contributed by atoms with Crippen molar-refractivity contribution in [2.24, 2.45) is 5.73 Å². The highest BCUT2D eigenvalue weighted by Gasteiger charge is 2.12. The molecule has 1 amide bonds. The van der Waals surface area contributed by atoms with E-state index in [2.05, 4.69) is 4.98 Å². The Morgan fingerprint density at radius 1 is 1.62 bits per heavy atom. The number of carbonyl (C=O) groups excluding carboxylic acids is 1. The molecule has 0 spiro atoms. The van der Waals surface area contributed by atoms with Crippen molar-refractivity contribution in [3.05, 3.63) is 29.8 Å². The van der Waals surface area contributed by atoms with E-state index in [1.54, 1.807) is 7.05 Å². The number of carbonyl (C=O) groups is 1. The third-order valence-electron chi connectivity index (χ3n) is 1.99. The van der Waals surface area contributed by atoms with Gasteiger partial charge in [0.25, 0.3) is 5.91 Å². The summed E-state index contributed by atoms with van der Waals surface area (Å²) in [6.07, 6.45) is 2.81. The molecule has 1 aromatic heterocycles. The number of hydrogen-bond acceptors (Lipinski definition) is 3. The van der Waals surface area contributed by atoms with Crippen molar-refractivity contribution in [3.63, 3.8) is 0 Å². The van der Waals surface area contributed by atoms with E-state index in [1.165, 1.54) is 11.1 Å². The van der Waals surface area contributed by atoms with E-state index >= 15 is 0 Å². The van der Waals surface area contributed by atoms with E-state index in [-0.39, 0.29) is 11.5 Å². The molecule has 86 valence electrons. The monoisotopic (exact) mass is 241 g/mol. The van der Waals surface area contributed by atoms with Gasteiger partial charge in [0, 0.05) is 26.2 Å². The van der Waals surface area contributed by atoms with Crippen LogP contribution in [-0.4, -0.2) is 34.4 Å². The Morgan fingerprint density at radius 3 is 2.88 bits per heavy atom. The van der Waals surface area contributed by atoms with Crippen LogP contribution in [-0.2, 0) is 0 Å². The van der Waals surface area contributed by atoms with Gasteiger partial charge in [0.1, 0.15) is 5.82 Å². The number of amides is 1. The van der Waals surface area contributed by atoms with Gasteiger partial charge in [0.05, 0.1) is 16.7 Å². The number of thiocarbonyl (C=S) groups is 1. The molecule has 0 saturated heterocycles. The van der Waals surface area contributed by atoms with Crippen LogP contribution in [0.3, 0.4) is 0 Å². The highest BCUT2D eigenvalue weighted by molar-refractivity contribution is 7.80. The molecule has 1 heterocycles. The van der Waals surface area contributed by atoms with Gasteiger partial charge in [-0.2, -0.15) is 0 Å². The first-order chi connectivity index (χ1) is 7.50. The van der Waals surface area contributed by atoms with Crippen LogP contribution in [0.4, 0.5) is 4.39 Å². The largest absolute Gasteiger partial charge is 0.393 e. The second-order valence-electron chi connectivity index (χ2n) is 3.33. The molecule has 1 rings (SSSR count). The molecule has 4 nitrogen and oxygen atoms in total. The van der Waals surface area contributed by atoms with Gasteiger partial charge in [-0.05, 0) is 6.07 Å². The summed E-state index contributed by atoms with van der Waals surface area (Å²) < 4.78 is 12.8. The first-order valence-electron chi connectivity index (χ1n) is 4.65. The molecule has 0 aliphatic heterocycles. The second-order valence-corrected chi connectivity index (χ2v) is 3.86. The van der Waals surface area contributed by atoms with Gasteiger partial charge in [-0.25, -0.2) is 4.39 Å². The van der Waals surface area contributed by atoms with Crippen LogP contribution >= 0.6 is 12.2 Å². The number of rotatable bonds is 4. The van der Waals surface area contributed by atoms with Gasteiger partial charge in [-0.1, -0.05) is 12.2 Å². The molecule has 0 atom stereocenters. The lowest BCUT2D eigenvalue weighted by Crippen LogP contribution is -2.30. The molecule has 0 radical (unpaired) electrons. The van der Waals surface area contributed by atoms with E-state index < -0.39 is 5.82 Å². The Morgan fingerprint density at radius 2 is 2.31 bits per heavy atom. The molecule has 16 heavy (non-hydrogen) atoms. The van der Waals surface area contributed by atoms with Gasteiger partial charge < -0.3 is 10.6 Å². The molecule has 0 aliphatic rings. The summed E-state index contributed by atoms with van der Waals surface area (Å²) >= 11 is 4.71. The number of halogens is 1. The van der Waals surface area contributed by atoms with Gasteiger partial charge >= 0.3 is 0 Å². The van der Waals surface area contributed by atoms with Gasteiger partial charge in [0.15, 0.2) is 0 Å². The van der Waals surface area contributed by atoms with Crippen LogP contribution in [0.25, 0.3) is 0 Å². The highest BCUT2D eigenvalue weighted by atomic mass is 32.1. The van der Waals surface area contributed by atoms with Crippen molar-refractivity contribution in [1.29, 1.82) is 0 Å². The smallest absolute Gasteiger partial charge is 0.255 e. The molecule has 2 N–H and O–H groups in total. The lowest BCUT2D eigenvalue weighted by molar-refractivity contribution is 0.0798. The van der Waals surface area contributed by atoms with Crippen LogP contribution in [0.1, 0.15) is 16.8 Å². The van der Waals surface area contributed by atoms with E-state index in [9.17, 15) is 9.18 Å². The summed E-state index contributed by atoms with van der Waals surface area (Å²) in [4.78, 5) is 17.1. The molecule has 6 heteroatoms. The highest BCUT2D eigenvalue weighted by Crippen LogP contribution is 2.04. The molecule has 0 saturated carbocycles. The van der Waals surface area contributed by atoms with Crippen molar-refractivity contribution in [2.75, 3.05) is 13.6 Å². The number of hydrogen-bond donors (Lipinski definition) is 1. The second kappa shape index (κ2) is 5.50. The molecule has 1 aromatic rings. The quantitative estimate of drug-likeness (QED) is 0.798. The Labute approximate surface area is 98.3 Å². The third-order valence-corrected chi connectivity index (χ3v) is 2.20. The maximum absolute atomic E-state index is 12.8. The molecule has 0 fully saturated rings. The van der Waals surface area contributed by atoms with Crippen molar-refractivity contribution in [1.82, 2.24) is 9.88 Å². The summed E-state index contributed by atoms with van der Waals surface area (Å²) in [5, 5.41) is 0. The minimum absolute atomic E-state index is 0.213. The van der Waals surface area contributed by atoms with Gasteiger partial charge in [-0.15, -0.1) is 0 Å². The molecule has 0 aliphatic carbocycles. The SMILES string of the molecule is CN(CCC(N)=S)C(=O)c1cncc(F)c1. The number of nitrogens with zero attached hydrogens (tertiary/aromatic N) is 2. The zero-order valence-corrected chi connectivity index (χ0v) is 9.63. The number of pyridine rings is 1. The van der Waals surface area contributed by atoms with Crippen LogP contribution in [0.15, 0.2) is 18.5 Å². The number of aromatic nitrogens is 1. The predicted molar refractivity (Wildman–Crippen MR) is 62.6 cm³/mol. The molecular formula is C10H12FN3OS. The first kappa shape index (κ1) is 12.5. The van der Waals surface area contributed by atoms with E-state index in [4.69, 9.17) is 18.0 Å². The molecule has 0 aromatic carbocycles. The maximum Gasteiger partial charge on any atom is 0.255 e. The first-order valence-corrected chi connectivity index (χ1v) is 5.06. The summed E-state index contributed by atoms with van der Waals surface area (Å²) in [6, 6.07) is 1.15. The fourth-order valence-electron chi connectivity index (χ4n) is 1.13. The Kier molecular flexibility index (Phi) is 4.30. The van der Waals surface area contributed by atoms with Crippen LogP contribution < -0.4 is 5.73 Å². The fourth-order valence-corrected chi connectivity index (χ4v) is 1.22. The summed E-state index contributed by atoms with van der Waals surface area (Å²) in [7, 11) is 1.60. The summed E-state index contributed by atoms with van der Waals surface area (Å²) in [5.41, 5.74) is 5.54. The minimum atomic E-state index is -0.534. The maximum atomic E-state index is 12.8. The molecule has 0 bridgehead atoms. The predicted octanol–water partition coefficient (Wildman–Crippen LogP) is 0.969. The Balaban J connectivity index is 2.67. The summed E-state index contributed by atoms with van der Waals surface area (Å²) in [6.45, 7) is 0.407. The van der Waals surface area contributed by atoms with E-state index in [1.807, 2.05) is 0 Å². The number of nitrogens with two attached hydrogens (primary N) is 1.